The third kappa shape index (κ3) is 3.51. The van der Waals surface area contributed by atoms with Crippen molar-refractivity contribution in [2.75, 3.05) is 0 Å². The van der Waals surface area contributed by atoms with Gasteiger partial charge in [-0.3, -0.25) is 0 Å². The molecule has 0 saturated carbocycles. The summed E-state index contributed by atoms with van der Waals surface area (Å²) in [5.74, 6) is 0. The number of rotatable bonds is 3. The molecule has 0 atom stereocenters. The highest BCUT2D eigenvalue weighted by Crippen LogP contribution is 2.40. The molecule has 2 aromatic heterocycles. The molecule has 3 heteroatoms. The first-order valence-electron chi connectivity index (χ1n) is 13.2. The van der Waals surface area contributed by atoms with Gasteiger partial charge in [-0.05, 0) is 82.4 Å². The van der Waals surface area contributed by atoms with E-state index in [0.717, 1.165) is 77.3 Å². The summed E-state index contributed by atoms with van der Waals surface area (Å²) in [6.45, 7) is 0. The summed E-state index contributed by atoms with van der Waals surface area (Å²) in [5, 5.41) is 14.0. The van der Waals surface area contributed by atoms with E-state index in [1.165, 1.54) is 0 Å². The maximum atomic E-state index is 9.55. The number of hydrogen-bond acceptors (Lipinski definition) is 3. The zero-order chi connectivity index (χ0) is 26.6. The van der Waals surface area contributed by atoms with Gasteiger partial charge in [0, 0.05) is 27.1 Å². The van der Waals surface area contributed by atoms with Crippen LogP contribution in [-0.2, 0) is 0 Å². The molecular weight excluding hydrogens is 490 g/mol. The lowest BCUT2D eigenvalue weighted by Crippen LogP contribution is -1.87. The Morgan fingerprint density at radius 3 is 1.85 bits per heavy atom. The molecule has 0 saturated heterocycles. The van der Waals surface area contributed by atoms with Gasteiger partial charge in [-0.15, -0.1) is 0 Å². The molecule has 3 nitrogen and oxygen atoms in total. The minimum absolute atomic E-state index is 0.632. The molecule has 0 aliphatic heterocycles. The van der Waals surface area contributed by atoms with E-state index in [-0.39, 0.29) is 0 Å². The number of fused-ring (bicyclic) bond motifs is 6. The van der Waals surface area contributed by atoms with Crippen LogP contribution < -0.4 is 0 Å². The molecule has 0 aliphatic carbocycles. The van der Waals surface area contributed by atoms with Crippen LogP contribution in [0, 0.1) is 11.3 Å². The molecular formula is C37H21NO2. The molecule has 186 valence electrons. The topological polar surface area (TPSA) is 50.1 Å². The van der Waals surface area contributed by atoms with Gasteiger partial charge in [0.25, 0.3) is 0 Å². The summed E-state index contributed by atoms with van der Waals surface area (Å²) >= 11 is 0. The standard InChI is InChI=1S/C37H21NO2/c38-22-23-7-5-8-24(17-23)26-18-27(25-15-16-32-30-9-1-3-13-34(30)39-36(32)21-25)20-28(19-26)29-11-6-12-33-31-10-2-4-14-35(31)40-37(29)33/h1-21H. The summed E-state index contributed by atoms with van der Waals surface area (Å²) in [5.41, 5.74) is 10.3. The Labute approximate surface area is 230 Å². The molecule has 0 N–H and O–H groups in total. The second kappa shape index (κ2) is 8.73. The van der Waals surface area contributed by atoms with E-state index < -0.39 is 0 Å². The molecule has 0 bridgehead atoms. The summed E-state index contributed by atoms with van der Waals surface area (Å²) in [7, 11) is 0. The Morgan fingerprint density at radius 2 is 1.05 bits per heavy atom. The van der Waals surface area contributed by atoms with Crippen LogP contribution in [0.15, 0.2) is 136 Å². The van der Waals surface area contributed by atoms with E-state index in [2.05, 4.69) is 72.8 Å². The van der Waals surface area contributed by atoms with Gasteiger partial charge in [-0.25, -0.2) is 0 Å². The first kappa shape index (κ1) is 22.4. The van der Waals surface area contributed by atoms with Gasteiger partial charge < -0.3 is 8.83 Å². The fourth-order valence-corrected chi connectivity index (χ4v) is 5.76. The SMILES string of the molecule is N#Cc1cccc(-c2cc(-c3ccc4c(c3)oc3ccccc34)cc(-c3cccc4c3oc3ccccc34)c2)c1. The van der Waals surface area contributed by atoms with Crippen molar-refractivity contribution < 1.29 is 8.83 Å². The molecule has 6 aromatic carbocycles. The van der Waals surface area contributed by atoms with Crippen LogP contribution in [0.4, 0.5) is 0 Å². The van der Waals surface area contributed by atoms with Crippen molar-refractivity contribution in [1.82, 2.24) is 0 Å². The van der Waals surface area contributed by atoms with Crippen molar-refractivity contribution in [2.24, 2.45) is 0 Å². The molecule has 0 amide bonds. The zero-order valence-corrected chi connectivity index (χ0v) is 21.4. The van der Waals surface area contributed by atoms with Gasteiger partial charge in [-0.2, -0.15) is 5.26 Å². The summed E-state index contributed by atoms with van der Waals surface area (Å²) in [4.78, 5) is 0. The molecule has 8 aromatic rings. The van der Waals surface area contributed by atoms with Crippen molar-refractivity contribution in [3.8, 4) is 39.4 Å². The van der Waals surface area contributed by atoms with Crippen LogP contribution in [0.5, 0.6) is 0 Å². The van der Waals surface area contributed by atoms with Crippen LogP contribution in [0.1, 0.15) is 5.56 Å². The second-order valence-corrected chi connectivity index (χ2v) is 10.1. The summed E-state index contributed by atoms with van der Waals surface area (Å²) < 4.78 is 12.6. The van der Waals surface area contributed by atoms with Gasteiger partial charge in [-0.1, -0.05) is 72.8 Å². The minimum Gasteiger partial charge on any atom is -0.456 e. The van der Waals surface area contributed by atoms with Crippen molar-refractivity contribution >= 4 is 43.9 Å². The fraction of sp³-hybridized carbons (Fsp3) is 0. The predicted molar refractivity (Wildman–Crippen MR) is 162 cm³/mol. The third-order valence-corrected chi connectivity index (χ3v) is 7.69. The normalized spacial score (nSPS) is 11.5. The number of nitriles is 1. The highest BCUT2D eigenvalue weighted by molar-refractivity contribution is 6.10. The Bertz CT molecular complexity index is 2290. The Morgan fingerprint density at radius 1 is 0.425 bits per heavy atom. The summed E-state index contributed by atoms with van der Waals surface area (Å²) in [6, 6.07) is 45.6. The third-order valence-electron chi connectivity index (χ3n) is 7.69. The number of para-hydroxylation sites is 3. The molecule has 0 spiro atoms. The van der Waals surface area contributed by atoms with Crippen molar-refractivity contribution in [3.05, 3.63) is 133 Å². The van der Waals surface area contributed by atoms with E-state index in [0.29, 0.717) is 5.56 Å². The number of furan rings is 2. The van der Waals surface area contributed by atoms with E-state index >= 15 is 0 Å². The van der Waals surface area contributed by atoms with Crippen LogP contribution in [-0.4, -0.2) is 0 Å². The predicted octanol–water partition coefficient (Wildman–Crippen LogP) is 10.4. The molecule has 0 radical (unpaired) electrons. The average molecular weight is 512 g/mol. The second-order valence-electron chi connectivity index (χ2n) is 10.1. The number of benzene rings is 6. The lowest BCUT2D eigenvalue weighted by atomic mass is 9.92. The highest BCUT2D eigenvalue weighted by atomic mass is 16.3. The molecule has 40 heavy (non-hydrogen) atoms. The summed E-state index contributed by atoms with van der Waals surface area (Å²) in [6.07, 6.45) is 0. The largest absolute Gasteiger partial charge is 0.456 e. The minimum atomic E-state index is 0.632. The monoisotopic (exact) mass is 511 g/mol. The number of hydrogen-bond donors (Lipinski definition) is 0. The van der Waals surface area contributed by atoms with Gasteiger partial charge in [0.15, 0.2) is 0 Å². The van der Waals surface area contributed by atoms with Gasteiger partial charge in [0.1, 0.15) is 22.3 Å². The first-order valence-corrected chi connectivity index (χ1v) is 13.2. The molecule has 8 rings (SSSR count). The van der Waals surface area contributed by atoms with Gasteiger partial charge >= 0.3 is 0 Å². The number of nitrogens with zero attached hydrogens (tertiary/aromatic N) is 1. The van der Waals surface area contributed by atoms with E-state index in [1.807, 2.05) is 60.7 Å². The fourth-order valence-electron chi connectivity index (χ4n) is 5.76. The van der Waals surface area contributed by atoms with Crippen LogP contribution in [0.2, 0.25) is 0 Å². The van der Waals surface area contributed by atoms with E-state index in [9.17, 15) is 5.26 Å². The van der Waals surface area contributed by atoms with Crippen molar-refractivity contribution in [3.63, 3.8) is 0 Å². The quantitative estimate of drug-likeness (QED) is 0.237. The van der Waals surface area contributed by atoms with Crippen LogP contribution >= 0.6 is 0 Å². The maximum absolute atomic E-state index is 9.55. The lowest BCUT2D eigenvalue weighted by molar-refractivity contribution is 0.669. The highest BCUT2D eigenvalue weighted by Gasteiger charge is 2.15. The van der Waals surface area contributed by atoms with Crippen molar-refractivity contribution in [1.29, 1.82) is 5.26 Å². The first-order chi connectivity index (χ1) is 19.7. The molecule has 0 fully saturated rings. The van der Waals surface area contributed by atoms with E-state index in [1.54, 1.807) is 0 Å². The molecule has 0 aliphatic rings. The molecule has 0 unspecified atom stereocenters. The molecule has 2 heterocycles. The van der Waals surface area contributed by atoms with E-state index in [4.69, 9.17) is 8.83 Å². The maximum Gasteiger partial charge on any atom is 0.143 e. The van der Waals surface area contributed by atoms with Gasteiger partial charge in [0.2, 0.25) is 0 Å². The van der Waals surface area contributed by atoms with Gasteiger partial charge in [0.05, 0.1) is 11.6 Å². The Hall–Kier alpha value is -5.59. The smallest absolute Gasteiger partial charge is 0.143 e. The Balaban J connectivity index is 1.38. The zero-order valence-electron chi connectivity index (χ0n) is 21.4. The van der Waals surface area contributed by atoms with Crippen molar-refractivity contribution in [2.45, 2.75) is 0 Å². The average Bonchev–Trinajstić information content (AvgIpc) is 3.59. The Kier molecular flexibility index (Phi) is 4.89. The lowest BCUT2D eigenvalue weighted by Gasteiger charge is -2.12. The van der Waals surface area contributed by atoms with Crippen LogP contribution in [0.25, 0.3) is 77.3 Å². The van der Waals surface area contributed by atoms with Crippen LogP contribution in [0.3, 0.4) is 0 Å².